The Balaban J connectivity index is 1.73. The lowest BCUT2D eigenvalue weighted by Gasteiger charge is -2.08. The van der Waals surface area contributed by atoms with E-state index in [-0.39, 0.29) is 6.04 Å². The number of thiazole rings is 1. The molecule has 2 rings (SSSR count). The zero-order chi connectivity index (χ0) is 11.6. The van der Waals surface area contributed by atoms with Gasteiger partial charge in [-0.3, -0.25) is 0 Å². The molecule has 6 heteroatoms. The first kappa shape index (κ1) is 12.0. The Labute approximate surface area is 100 Å². The lowest BCUT2D eigenvalue weighted by molar-refractivity contribution is 0.556. The molecule has 0 aromatic carbocycles. The predicted octanol–water partition coefficient (Wildman–Crippen LogP) is 0.771. The molecule has 1 unspecified atom stereocenters. The molecule has 1 aliphatic heterocycles. The highest BCUT2D eigenvalue weighted by atomic mass is 32.2. The van der Waals surface area contributed by atoms with Gasteiger partial charge in [-0.1, -0.05) is 0 Å². The Bertz CT molecular complexity index is 453. The monoisotopic (exact) mass is 260 g/mol. The van der Waals surface area contributed by atoms with Crippen LogP contribution in [0.4, 0.5) is 0 Å². The van der Waals surface area contributed by atoms with Crippen molar-refractivity contribution in [2.45, 2.75) is 25.8 Å². The van der Waals surface area contributed by atoms with Crippen LogP contribution in [0.15, 0.2) is 5.38 Å². The first-order valence-electron chi connectivity index (χ1n) is 5.40. The van der Waals surface area contributed by atoms with Gasteiger partial charge in [-0.25, -0.2) is 13.4 Å². The molecule has 1 fully saturated rings. The molecule has 1 saturated heterocycles. The minimum absolute atomic E-state index is 0.144. The molecule has 1 N–H and O–H groups in total. The quantitative estimate of drug-likeness (QED) is 0.869. The molecule has 0 amide bonds. The number of hydrogen-bond acceptors (Lipinski definition) is 5. The van der Waals surface area contributed by atoms with E-state index in [0.29, 0.717) is 11.5 Å². The lowest BCUT2D eigenvalue weighted by atomic mass is 10.2. The van der Waals surface area contributed by atoms with Gasteiger partial charge in [0, 0.05) is 30.1 Å². The van der Waals surface area contributed by atoms with Crippen molar-refractivity contribution in [3.05, 3.63) is 16.1 Å². The normalized spacial score (nSPS) is 23.7. The Hall–Kier alpha value is -0.460. The topological polar surface area (TPSA) is 59.1 Å². The van der Waals surface area contributed by atoms with Gasteiger partial charge in [0.2, 0.25) is 0 Å². The number of hydrogen-bond donors (Lipinski definition) is 1. The highest BCUT2D eigenvalue weighted by Gasteiger charge is 2.26. The van der Waals surface area contributed by atoms with E-state index >= 15 is 0 Å². The summed E-state index contributed by atoms with van der Waals surface area (Å²) in [5, 5.41) is 6.44. The number of aryl methyl sites for hydroxylation is 1. The van der Waals surface area contributed by atoms with Crippen molar-refractivity contribution in [2.24, 2.45) is 0 Å². The molecule has 2 heterocycles. The smallest absolute Gasteiger partial charge is 0.151 e. The molecule has 16 heavy (non-hydrogen) atoms. The number of nitrogens with one attached hydrogen (secondary N) is 1. The fourth-order valence-electron chi connectivity index (χ4n) is 1.86. The maximum atomic E-state index is 11.2. The van der Waals surface area contributed by atoms with Crippen LogP contribution in [0.1, 0.15) is 17.1 Å². The van der Waals surface area contributed by atoms with Crippen molar-refractivity contribution in [1.82, 2.24) is 10.3 Å². The highest BCUT2D eigenvalue weighted by molar-refractivity contribution is 7.91. The predicted molar refractivity (Wildman–Crippen MR) is 65.6 cm³/mol. The summed E-state index contributed by atoms with van der Waals surface area (Å²) in [7, 11) is -2.76. The van der Waals surface area contributed by atoms with E-state index in [9.17, 15) is 8.42 Å². The van der Waals surface area contributed by atoms with E-state index < -0.39 is 9.84 Å². The summed E-state index contributed by atoms with van der Waals surface area (Å²) >= 11 is 1.66. The van der Waals surface area contributed by atoms with Gasteiger partial charge >= 0.3 is 0 Å². The Morgan fingerprint density at radius 3 is 3.00 bits per heavy atom. The average molecular weight is 260 g/mol. The van der Waals surface area contributed by atoms with Crippen molar-refractivity contribution in [2.75, 3.05) is 18.1 Å². The molecule has 0 radical (unpaired) electrons. The third-order valence-electron chi connectivity index (χ3n) is 2.67. The second-order valence-electron chi connectivity index (χ2n) is 4.19. The molecule has 0 bridgehead atoms. The number of nitrogens with zero attached hydrogens (tertiary/aromatic N) is 1. The van der Waals surface area contributed by atoms with Crippen LogP contribution in [0.25, 0.3) is 0 Å². The Morgan fingerprint density at radius 2 is 2.44 bits per heavy atom. The summed E-state index contributed by atoms with van der Waals surface area (Å²) in [5.41, 5.74) is 1.06. The van der Waals surface area contributed by atoms with E-state index in [1.54, 1.807) is 11.3 Å². The zero-order valence-electron chi connectivity index (χ0n) is 9.27. The van der Waals surface area contributed by atoms with E-state index in [2.05, 4.69) is 10.3 Å². The number of sulfone groups is 1. The number of rotatable bonds is 4. The first-order valence-corrected chi connectivity index (χ1v) is 8.10. The van der Waals surface area contributed by atoms with Crippen molar-refractivity contribution in [1.29, 1.82) is 0 Å². The summed E-state index contributed by atoms with van der Waals surface area (Å²) in [5.74, 6) is 0.630. The van der Waals surface area contributed by atoms with Crippen LogP contribution in [-0.4, -0.2) is 37.5 Å². The van der Waals surface area contributed by atoms with Crippen molar-refractivity contribution >= 4 is 21.2 Å². The van der Waals surface area contributed by atoms with Crippen LogP contribution >= 0.6 is 11.3 Å². The summed E-state index contributed by atoms with van der Waals surface area (Å²) < 4.78 is 22.5. The second kappa shape index (κ2) is 4.81. The molecule has 0 aliphatic carbocycles. The number of aromatic nitrogens is 1. The molecule has 90 valence electrons. The molecule has 4 nitrogen and oxygen atoms in total. The van der Waals surface area contributed by atoms with Crippen molar-refractivity contribution in [3.63, 3.8) is 0 Å². The lowest BCUT2D eigenvalue weighted by Crippen LogP contribution is -2.31. The Morgan fingerprint density at radius 1 is 1.62 bits per heavy atom. The van der Waals surface area contributed by atoms with Gasteiger partial charge in [-0.05, 0) is 13.3 Å². The van der Waals surface area contributed by atoms with Crippen LogP contribution in [0.5, 0.6) is 0 Å². The Kier molecular flexibility index (Phi) is 3.61. The van der Waals surface area contributed by atoms with Gasteiger partial charge in [0.15, 0.2) is 9.84 Å². The summed E-state index contributed by atoms with van der Waals surface area (Å²) in [4.78, 5) is 4.36. The minimum Gasteiger partial charge on any atom is -0.313 e. The van der Waals surface area contributed by atoms with Crippen LogP contribution in [0.2, 0.25) is 0 Å². The highest BCUT2D eigenvalue weighted by Crippen LogP contribution is 2.12. The maximum absolute atomic E-state index is 11.2. The van der Waals surface area contributed by atoms with Gasteiger partial charge in [-0.15, -0.1) is 11.3 Å². The molecule has 1 aromatic rings. The molecular formula is C10H16N2O2S2. The second-order valence-corrected chi connectivity index (χ2v) is 7.36. The molecule has 1 atom stereocenters. The summed E-state index contributed by atoms with van der Waals surface area (Å²) in [6, 6.07) is 0.144. The molecular weight excluding hydrogens is 244 g/mol. The van der Waals surface area contributed by atoms with E-state index in [1.165, 1.54) is 0 Å². The molecule has 1 aliphatic rings. The standard InChI is InChI=1S/C10H16N2O2S2/c1-8-6-15-10(12-8)2-4-11-9-3-5-16(13,14)7-9/h6,9,11H,2-5,7H2,1H3. The van der Waals surface area contributed by atoms with Crippen molar-refractivity contribution < 1.29 is 8.42 Å². The van der Waals surface area contributed by atoms with Gasteiger partial charge in [0.25, 0.3) is 0 Å². The first-order chi connectivity index (χ1) is 7.55. The SMILES string of the molecule is Cc1csc(CCNC2CCS(=O)(=O)C2)n1. The summed E-state index contributed by atoms with van der Waals surface area (Å²) in [6.45, 7) is 2.80. The largest absolute Gasteiger partial charge is 0.313 e. The van der Waals surface area contributed by atoms with Crippen LogP contribution in [-0.2, 0) is 16.3 Å². The van der Waals surface area contributed by atoms with Gasteiger partial charge in [-0.2, -0.15) is 0 Å². The van der Waals surface area contributed by atoms with Crippen LogP contribution < -0.4 is 5.32 Å². The minimum atomic E-state index is -2.76. The zero-order valence-corrected chi connectivity index (χ0v) is 10.9. The summed E-state index contributed by atoms with van der Waals surface area (Å²) in [6.07, 6.45) is 1.63. The van der Waals surface area contributed by atoms with E-state index in [1.807, 2.05) is 12.3 Å². The van der Waals surface area contributed by atoms with Crippen molar-refractivity contribution in [3.8, 4) is 0 Å². The third kappa shape index (κ3) is 3.26. The third-order valence-corrected chi connectivity index (χ3v) is 5.47. The van der Waals surface area contributed by atoms with E-state index in [4.69, 9.17) is 0 Å². The fraction of sp³-hybridized carbons (Fsp3) is 0.700. The maximum Gasteiger partial charge on any atom is 0.151 e. The molecule has 1 aromatic heterocycles. The van der Waals surface area contributed by atoms with Crippen LogP contribution in [0, 0.1) is 6.92 Å². The van der Waals surface area contributed by atoms with Gasteiger partial charge < -0.3 is 5.32 Å². The van der Waals surface area contributed by atoms with Gasteiger partial charge in [0.05, 0.1) is 16.5 Å². The average Bonchev–Trinajstić information content (AvgIpc) is 2.73. The fourth-order valence-corrected chi connectivity index (χ4v) is 4.34. The van der Waals surface area contributed by atoms with Gasteiger partial charge in [0.1, 0.15) is 0 Å². The molecule has 0 saturated carbocycles. The van der Waals surface area contributed by atoms with E-state index in [0.717, 1.165) is 30.1 Å². The van der Waals surface area contributed by atoms with Crippen LogP contribution in [0.3, 0.4) is 0 Å². The molecule has 0 spiro atoms.